The third kappa shape index (κ3) is 2.39. The van der Waals surface area contributed by atoms with Crippen molar-refractivity contribution < 1.29 is 4.42 Å². The van der Waals surface area contributed by atoms with Crippen molar-refractivity contribution >= 4 is 16.8 Å². The van der Waals surface area contributed by atoms with E-state index in [0.717, 1.165) is 41.3 Å². The Bertz CT molecular complexity index is 741. The van der Waals surface area contributed by atoms with Crippen LogP contribution in [0.25, 0.3) is 11.1 Å². The predicted molar refractivity (Wildman–Crippen MR) is 78.7 cm³/mol. The largest absolute Gasteiger partial charge is 0.441 e. The van der Waals surface area contributed by atoms with Crippen molar-refractivity contribution in [2.75, 3.05) is 5.32 Å². The Balaban J connectivity index is 1.78. The monoisotopic (exact) mass is 270 g/mol. The van der Waals surface area contributed by atoms with Gasteiger partial charge in [0.2, 0.25) is 0 Å². The molecule has 0 radical (unpaired) electrons. The number of hydrogen-bond acceptors (Lipinski definition) is 4. The minimum atomic E-state index is 0.754. The van der Waals surface area contributed by atoms with Gasteiger partial charge < -0.3 is 9.73 Å². The Morgan fingerprint density at radius 2 is 2.20 bits per heavy atom. The number of nitrogens with zero attached hydrogens (tertiary/aromatic N) is 3. The molecule has 5 heteroatoms. The van der Waals surface area contributed by atoms with Crippen LogP contribution in [0.3, 0.4) is 0 Å². The van der Waals surface area contributed by atoms with E-state index >= 15 is 0 Å². The maximum absolute atomic E-state index is 5.61. The molecule has 20 heavy (non-hydrogen) atoms. The van der Waals surface area contributed by atoms with Crippen molar-refractivity contribution in [3.8, 4) is 0 Å². The summed E-state index contributed by atoms with van der Waals surface area (Å²) in [5, 5.41) is 7.74. The van der Waals surface area contributed by atoms with Crippen LogP contribution in [0, 0.1) is 6.92 Å². The molecule has 0 spiro atoms. The van der Waals surface area contributed by atoms with Gasteiger partial charge in [0, 0.05) is 37.5 Å². The van der Waals surface area contributed by atoms with Gasteiger partial charge in [-0.2, -0.15) is 5.10 Å². The Labute approximate surface area is 117 Å². The summed E-state index contributed by atoms with van der Waals surface area (Å²) in [5.41, 5.74) is 5.02. The van der Waals surface area contributed by atoms with Crippen molar-refractivity contribution in [2.24, 2.45) is 7.05 Å². The number of aromatic nitrogens is 3. The first-order valence-electron chi connectivity index (χ1n) is 6.78. The average molecular weight is 270 g/mol. The Hall–Kier alpha value is -2.30. The summed E-state index contributed by atoms with van der Waals surface area (Å²) < 4.78 is 7.44. The average Bonchev–Trinajstić information content (AvgIpc) is 2.98. The zero-order valence-electron chi connectivity index (χ0n) is 12.0. The predicted octanol–water partition coefficient (Wildman–Crippen LogP) is 3.04. The second-order valence-electron chi connectivity index (χ2n) is 4.91. The molecule has 0 unspecified atom stereocenters. The lowest BCUT2D eigenvalue weighted by molar-refractivity contribution is 0.538. The van der Waals surface area contributed by atoms with Crippen molar-refractivity contribution in [1.82, 2.24) is 14.8 Å². The first kappa shape index (κ1) is 12.7. The summed E-state index contributed by atoms with van der Waals surface area (Å²) in [5.74, 6) is 0.778. The summed E-state index contributed by atoms with van der Waals surface area (Å²) in [6.07, 6.45) is 2.85. The number of rotatable bonds is 4. The number of benzene rings is 1. The highest BCUT2D eigenvalue weighted by atomic mass is 16.3. The molecule has 0 fully saturated rings. The van der Waals surface area contributed by atoms with E-state index < -0.39 is 0 Å². The van der Waals surface area contributed by atoms with Crippen LogP contribution in [0.15, 0.2) is 28.8 Å². The summed E-state index contributed by atoms with van der Waals surface area (Å²) in [4.78, 5) is 4.45. The maximum atomic E-state index is 5.61. The van der Waals surface area contributed by atoms with Crippen LogP contribution in [0.4, 0.5) is 5.69 Å². The van der Waals surface area contributed by atoms with Crippen LogP contribution in [0.2, 0.25) is 0 Å². The number of anilines is 1. The standard InChI is InChI=1S/C15H18N4O/c1-4-15-17-13-7-12(5-6-14(13)20-15)16-8-11-9-19(3)18-10(11)2/h5-7,9,16H,4,8H2,1-3H3. The quantitative estimate of drug-likeness (QED) is 0.791. The summed E-state index contributed by atoms with van der Waals surface area (Å²) >= 11 is 0. The van der Waals surface area contributed by atoms with Crippen LogP contribution in [-0.2, 0) is 20.0 Å². The van der Waals surface area contributed by atoms with Crippen molar-refractivity contribution in [3.05, 3.63) is 41.5 Å². The van der Waals surface area contributed by atoms with Gasteiger partial charge in [-0.3, -0.25) is 4.68 Å². The van der Waals surface area contributed by atoms with E-state index in [2.05, 4.69) is 15.4 Å². The molecule has 2 heterocycles. The molecule has 3 rings (SSSR count). The number of fused-ring (bicyclic) bond motifs is 1. The normalized spacial score (nSPS) is 11.2. The van der Waals surface area contributed by atoms with Crippen molar-refractivity contribution in [1.29, 1.82) is 0 Å². The number of nitrogens with one attached hydrogen (secondary N) is 1. The van der Waals surface area contributed by atoms with E-state index in [-0.39, 0.29) is 0 Å². The molecular weight excluding hydrogens is 252 g/mol. The van der Waals surface area contributed by atoms with Crippen LogP contribution in [0.1, 0.15) is 24.1 Å². The minimum absolute atomic E-state index is 0.754. The Morgan fingerprint density at radius 3 is 2.90 bits per heavy atom. The molecule has 0 atom stereocenters. The van der Waals surface area contributed by atoms with Gasteiger partial charge in [0.15, 0.2) is 11.5 Å². The first-order valence-corrected chi connectivity index (χ1v) is 6.78. The zero-order chi connectivity index (χ0) is 14.1. The van der Waals surface area contributed by atoms with Gasteiger partial charge >= 0.3 is 0 Å². The summed E-state index contributed by atoms with van der Waals surface area (Å²) in [6.45, 7) is 4.81. The molecule has 0 saturated carbocycles. The number of hydrogen-bond donors (Lipinski definition) is 1. The highest BCUT2D eigenvalue weighted by Gasteiger charge is 2.06. The number of aryl methyl sites for hydroxylation is 3. The Morgan fingerprint density at radius 1 is 1.35 bits per heavy atom. The highest BCUT2D eigenvalue weighted by molar-refractivity contribution is 5.77. The van der Waals surface area contributed by atoms with E-state index in [0.29, 0.717) is 0 Å². The second-order valence-corrected chi connectivity index (χ2v) is 4.91. The molecule has 0 bridgehead atoms. The van der Waals surface area contributed by atoms with Crippen LogP contribution in [-0.4, -0.2) is 14.8 Å². The lowest BCUT2D eigenvalue weighted by Gasteiger charge is -2.04. The third-order valence-electron chi connectivity index (χ3n) is 3.33. The minimum Gasteiger partial charge on any atom is -0.441 e. The molecule has 0 aliphatic carbocycles. The molecule has 104 valence electrons. The molecule has 1 aromatic carbocycles. The lowest BCUT2D eigenvalue weighted by Crippen LogP contribution is -1.99. The van der Waals surface area contributed by atoms with Gasteiger partial charge in [-0.05, 0) is 25.1 Å². The van der Waals surface area contributed by atoms with E-state index in [1.807, 2.05) is 50.0 Å². The van der Waals surface area contributed by atoms with Crippen molar-refractivity contribution in [2.45, 2.75) is 26.8 Å². The molecule has 0 saturated heterocycles. The Kier molecular flexibility index (Phi) is 3.18. The summed E-state index contributed by atoms with van der Waals surface area (Å²) in [7, 11) is 1.93. The maximum Gasteiger partial charge on any atom is 0.195 e. The van der Waals surface area contributed by atoms with Gasteiger partial charge in [0.05, 0.1) is 5.69 Å². The summed E-state index contributed by atoms with van der Waals surface area (Å²) in [6, 6.07) is 5.99. The van der Waals surface area contributed by atoms with E-state index in [1.54, 1.807) is 0 Å². The third-order valence-corrected chi connectivity index (χ3v) is 3.33. The number of oxazole rings is 1. The van der Waals surface area contributed by atoms with E-state index in [1.165, 1.54) is 5.56 Å². The van der Waals surface area contributed by atoms with Crippen LogP contribution >= 0.6 is 0 Å². The van der Waals surface area contributed by atoms with Gasteiger partial charge in [-0.1, -0.05) is 6.92 Å². The fourth-order valence-corrected chi connectivity index (χ4v) is 2.26. The molecule has 2 aromatic heterocycles. The van der Waals surface area contributed by atoms with Gasteiger partial charge in [-0.15, -0.1) is 0 Å². The first-order chi connectivity index (χ1) is 9.65. The zero-order valence-corrected chi connectivity index (χ0v) is 12.0. The second kappa shape index (κ2) is 5.00. The molecule has 0 aliphatic rings. The molecule has 0 amide bonds. The molecule has 5 nitrogen and oxygen atoms in total. The van der Waals surface area contributed by atoms with Gasteiger partial charge in [0.1, 0.15) is 5.52 Å². The van der Waals surface area contributed by atoms with Crippen LogP contribution < -0.4 is 5.32 Å². The highest BCUT2D eigenvalue weighted by Crippen LogP contribution is 2.21. The van der Waals surface area contributed by atoms with Gasteiger partial charge in [0.25, 0.3) is 0 Å². The SMILES string of the molecule is CCc1nc2cc(NCc3cn(C)nc3C)ccc2o1. The van der Waals surface area contributed by atoms with Crippen molar-refractivity contribution in [3.63, 3.8) is 0 Å². The van der Waals surface area contributed by atoms with Gasteiger partial charge in [-0.25, -0.2) is 4.98 Å². The molecule has 1 N–H and O–H groups in total. The fourth-order valence-electron chi connectivity index (χ4n) is 2.26. The van der Waals surface area contributed by atoms with E-state index in [9.17, 15) is 0 Å². The topological polar surface area (TPSA) is 55.9 Å². The lowest BCUT2D eigenvalue weighted by atomic mass is 10.2. The van der Waals surface area contributed by atoms with Crippen LogP contribution in [0.5, 0.6) is 0 Å². The van der Waals surface area contributed by atoms with E-state index in [4.69, 9.17) is 4.42 Å². The fraction of sp³-hybridized carbons (Fsp3) is 0.333. The molecule has 0 aliphatic heterocycles. The molecular formula is C15H18N4O. The smallest absolute Gasteiger partial charge is 0.195 e. The molecule has 3 aromatic rings.